The zero-order valence-electron chi connectivity index (χ0n) is 15.9. The third-order valence-electron chi connectivity index (χ3n) is 5.80. The third-order valence-corrected chi connectivity index (χ3v) is 5.80. The van der Waals surface area contributed by atoms with Gasteiger partial charge in [0.15, 0.2) is 0 Å². The van der Waals surface area contributed by atoms with Gasteiger partial charge in [0, 0.05) is 25.3 Å². The van der Waals surface area contributed by atoms with E-state index in [9.17, 15) is 10.2 Å². The molecular weight excluding hydrogens is 342 g/mol. The summed E-state index contributed by atoms with van der Waals surface area (Å²) >= 11 is 0. The molecule has 6 nitrogen and oxygen atoms in total. The van der Waals surface area contributed by atoms with E-state index in [1.807, 2.05) is 26.0 Å². The molecule has 144 valence electrons. The van der Waals surface area contributed by atoms with Gasteiger partial charge in [0.1, 0.15) is 17.6 Å². The molecule has 2 N–H and O–H groups in total. The van der Waals surface area contributed by atoms with Gasteiger partial charge >= 0.3 is 0 Å². The Morgan fingerprint density at radius 1 is 1.15 bits per heavy atom. The lowest BCUT2D eigenvalue weighted by atomic mass is 10.0. The Labute approximate surface area is 159 Å². The van der Waals surface area contributed by atoms with Crippen LogP contribution in [0, 0.1) is 25.7 Å². The lowest BCUT2D eigenvalue weighted by molar-refractivity contribution is 0.113. The summed E-state index contributed by atoms with van der Waals surface area (Å²) in [5, 5.41) is 19.7. The molecular formula is C21H27N3O3. The highest BCUT2D eigenvalue weighted by Crippen LogP contribution is 2.40. The first-order valence-electron chi connectivity index (χ1n) is 9.64. The van der Waals surface area contributed by atoms with Gasteiger partial charge in [-0.25, -0.2) is 0 Å². The van der Waals surface area contributed by atoms with E-state index in [2.05, 4.69) is 14.9 Å². The topological polar surface area (TPSA) is 78.7 Å². The van der Waals surface area contributed by atoms with E-state index < -0.39 is 6.10 Å². The van der Waals surface area contributed by atoms with Gasteiger partial charge in [-0.05, 0) is 62.8 Å². The highest BCUT2D eigenvalue weighted by molar-refractivity contribution is 5.28. The average molecular weight is 369 g/mol. The van der Waals surface area contributed by atoms with Crippen molar-refractivity contribution in [3.63, 3.8) is 0 Å². The maximum atomic E-state index is 10.4. The molecule has 0 radical (unpaired) electrons. The highest BCUT2D eigenvalue weighted by Gasteiger charge is 2.42. The summed E-state index contributed by atoms with van der Waals surface area (Å²) in [6, 6.07) is 7.27. The number of aliphatic hydroxyl groups excluding tert-OH is 1. The van der Waals surface area contributed by atoms with E-state index in [4.69, 9.17) is 4.74 Å². The smallest absolute Gasteiger partial charge is 0.140 e. The minimum Gasteiger partial charge on any atom is -0.506 e. The second-order valence-corrected chi connectivity index (χ2v) is 7.94. The molecule has 1 aliphatic carbocycles. The number of pyridine rings is 2. The molecule has 2 unspecified atom stereocenters. The zero-order chi connectivity index (χ0) is 19.0. The van der Waals surface area contributed by atoms with Crippen molar-refractivity contribution >= 4 is 0 Å². The Morgan fingerprint density at radius 2 is 1.89 bits per heavy atom. The Hall–Kier alpha value is -2.18. The van der Waals surface area contributed by atoms with Gasteiger partial charge in [-0.3, -0.25) is 14.9 Å². The second-order valence-electron chi connectivity index (χ2n) is 7.94. The van der Waals surface area contributed by atoms with E-state index in [1.165, 1.54) is 6.20 Å². The fourth-order valence-electron chi connectivity index (χ4n) is 4.50. The fraction of sp³-hybridized carbons (Fsp3) is 0.524. The molecule has 4 rings (SSSR count). The Bertz CT molecular complexity index is 782. The molecule has 2 fully saturated rings. The number of hydrogen-bond acceptors (Lipinski definition) is 6. The van der Waals surface area contributed by atoms with Crippen LogP contribution in [0.1, 0.15) is 36.0 Å². The van der Waals surface area contributed by atoms with Crippen LogP contribution in [0.3, 0.4) is 0 Å². The number of aryl methyl sites for hydroxylation is 2. The third kappa shape index (κ3) is 4.06. The SMILES string of the molecule is Cc1ccc(OC2C[C@@H]3CN(CC(O)c4ccc(O)cn4)C[C@@H]3C2)c(C)n1. The number of likely N-dealkylation sites (tertiary alicyclic amines) is 1. The molecule has 1 aliphatic heterocycles. The number of aromatic nitrogens is 2. The molecule has 4 atom stereocenters. The molecule has 2 aromatic rings. The summed E-state index contributed by atoms with van der Waals surface area (Å²) in [5.41, 5.74) is 2.58. The van der Waals surface area contributed by atoms with E-state index in [-0.39, 0.29) is 11.9 Å². The number of β-amino-alcohol motifs (C(OH)–C–C–N with tert-alkyl or cyclic N) is 1. The largest absolute Gasteiger partial charge is 0.506 e. The van der Waals surface area contributed by atoms with Gasteiger partial charge in [0.05, 0.1) is 23.7 Å². The summed E-state index contributed by atoms with van der Waals surface area (Å²) in [6.07, 6.45) is 3.12. The first-order chi connectivity index (χ1) is 13.0. The van der Waals surface area contributed by atoms with Crippen LogP contribution in [0.5, 0.6) is 11.5 Å². The number of aromatic hydroxyl groups is 1. The van der Waals surface area contributed by atoms with Crippen molar-refractivity contribution in [2.24, 2.45) is 11.8 Å². The van der Waals surface area contributed by atoms with Crippen molar-refractivity contribution < 1.29 is 14.9 Å². The highest BCUT2D eigenvalue weighted by atomic mass is 16.5. The Balaban J connectivity index is 1.29. The molecule has 0 aromatic carbocycles. The molecule has 2 aliphatic rings. The van der Waals surface area contributed by atoms with Crippen molar-refractivity contribution in [3.05, 3.63) is 47.5 Å². The lowest BCUT2D eigenvalue weighted by Gasteiger charge is -2.22. The summed E-state index contributed by atoms with van der Waals surface area (Å²) in [6.45, 7) is 6.55. The van der Waals surface area contributed by atoms with Gasteiger partial charge in [0.25, 0.3) is 0 Å². The van der Waals surface area contributed by atoms with Crippen LogP contribution in [0.15, 0.2) is 30.5 Å². The number of aliphatic hydroxyl groups is 1. The van der Waals surface area contributed by atoms with Crippen LogP contribution in [0.25, 0.3) is 0 Å². The molecule has 2 aromatic heterocycles. The van der Waals surface area contributed by atoms with Gasteiger partial charge in [-0.15, -0.1) is 0 Å². The van der Waals surface area contributed by atoms with Gasteiger partial charge in [-0.1, -0.05) is 0 Å². The van der Waals surface area contributed by atoms with Crippen molar-refractivity contribution in [2.75, 3.05) is 19.6 Å². The van der Waals surface area contributed by atoms with Crippen molar-refractivity contribution in [1.82, 2.24) is 14.9 Å². The quantitative estimate of drug-likeness (QED) is 0.844. The minimum absolute atomic E-state index is 0.117. The number of hydrogen-bond donors (Lipinski definition) is 2. The van der Waals surface area contributed by atoms with Crippen LogP contribution in [0.2, 0.25) is 0 Å². The molecule has 3 heterocycles. The maximum absolute atomic E-state index is 10.4. The fourth-order valence-corrected chi connectivity index (χ4v) is 4.50. The van der Waals surface area contributed by atoms with Crippen LogP contribution >= 0.6 is 0 Å². The number of fused-ring (bicyclic) bond motifs is 1. The standard InChI is InChI=1S/C21H27N3O3/c1-13-3-6-21(14(2)23-13)27-18-7-15-10-24(11-16(15)8-18)12-20(26)19-5-4-17(25)9-22-19/h3-6,9,15-16,18,20,25-26H,7-8,10-12H2,1-2H3/t15-,16+,18?,20?. The van der Waals surface area contributed by atoms with Crippen LogP contribution in [0.4, 0.5) is 0 Å². The van der Waals surface area contributed by atoms with E-state index in [1.54, 1.807) is 12.1 Å². The predicted molar refractivity (Wildman–Crippen MR) is 102 cm³/mol. The van der Waals surface area contributed by atoms with Crippen molar-refractivity contribution in [1.29, 1.82) is 0 Å². The Morgan fingerprint density at radius 3 is 2.52 bits per heavy atom. The molecule has 0 bridgehead atoms. The molecule has 1 saturated carbocycles. The second kappa shape index (κ2) is 7.44. The van der Waals surface area contributed by atoms with E-state index >= 15 is 0 Å². The van der Waals surface area contributed by atoms with Gasteiger partial charge in [0.2, 0.25) is 0 Å². The monoisotopic (exact) mass is 369 g/mol. The van der Waals surface area contributed by atoms with Crippen LogP contribution in [-0.2, 0) is 0 Å². The van der Waals surface area contributed by atoms with Gasteiger partial charge < -0.3 is 14.9 Å². The number of ether oxygens (including phenoxy) is 1. The van der Waals surface area contributed by atoms with Crippen molar-refractivity contribution in [3.8, 4) is 11.5 Å². The number of nitrogens with zero attached hydrogens (tertiary/aromatic N) is 3. The minimum atomic E-state index is -0.627. The lowest BCUT2D eigenvalue weighted by Crippen LogP contribution is -2.29. The normalized spacial score (nSPS) is 26.1. The summed E-state index contributed by atoms with van der Waals surface area (Å²) in [7, 11) is 0. The number of rotatable bonds is 5. The molecule has 27 heavy (non-hydrogen) atoms. The first kappa shape index (κ1) is 18.2. The summed E-state index contributed by atoms with van der Waals surface area (Å²) < 4.78 is 6.23. The molecule has 1 saturated heterocycles. The molecule has 0 amide bonds. The van der Waals surface area contributed by atoms with E-state index in [0.717, 1.165) is 43.1 Å². The average Bonchev–Trinajstić information content (AvgIpc) is 3.15. The zero-order valence-corrected chi connectivity index (χ0v) is 15.9. The van der Waals surface area contributed by atoms with Gasteiger partial charge in [-0.2, -0.15) is 0 Å². The summed E-state index contributed by atoms with van der Waals surface area (Å²) in [4.78, 5) is 10.9. The maximum Gasteiger partial charge on any atom is 0.140 e. The Kier molecular flexibility index (Phi) is 5.02. The van der Waals surface area contributed by atoms with Crippen LogP contribution < -0.4 is 4.74 Å². The first-order valence-corrected chi connectivity index (χ1v) is 9.64. The predicted octanol–water partition coefficient (Wildman–Crippen LogP) is 2.62. The summed E-state index contributed by atoms with van der Waals surface area (Å²) in [5.74, 6) is 2.25. The molecule has 6 heteroatoms. The van der Waals surface area contributed by atoms with Crippen LogP contribution in [-0.4, -0.2) is 50.8 Å². The molecule has 0 spiro atoms. The van der Waals surface area contributed by atoms with Crippen molar-refractivity contribution in [2.45, 2.75) is 38.9 Å². The van der Waals surface area contributed by atoms with E-state index in [0.29, 0.717) is 24.1 Å².